The summed E-state index contributed by atoms with van der Waals surface area (Å²) in [6.07, 6.45) is 0. The number of azo groups is 2. The van der Waals surface area contributed by atoms with Crippen LogP contribution in [0.15, 0.2) is 113 Å². The predicted molar refractivity (Wildman–Crippen MR) is 233 cm³/mol. The summed E-state index contributed by atoms with van der Waals surface area (Å²) in [7, 11) is -7.85. The molecule has 0 bridgehead atoms. The van der Waals surface area contributed by atoms with Crippen LogP contribution in [-0.4, -0.2) is 93.0 Å². The molecule has 0 unspecified atom stereocenters. The van der Waals surface area contributed by atoms with Gasteiger partial charge in [-0.1, -0.05) is 60.6 Å². The molecule has 0 aliphatic rings. The Morgan fingerprint density at radius 2 is 1.03 bits per heavy atom. The van der Waals surface area contributed by atoms with Gasteiger partial charge in [-0.05, 0) is 48.5 Å². The number of aliphatic hydroxyl groups is 2. The molecule has 6 rings (SSSR count). The normalized spacial score (nSPS) is 11.5. The van der Waals surface area contributed by atoms with Gasteiger partial charge < -0.3 is 40.2 Å². The van der Waals surface area contributed by atoms with Crippen LogP contribution in [0, 0.1) is 34.1 Å². The zero-order valence-corrected chi connectivity index (χ0v) is 41.5. The van der Waals surface area contributed by atoms with Crippen LogP contribution >= 0.6 is 23.2 Å². The Morgan fingerprint density at radius 1 is 0.676 bits per heavy atom. The molecular formula is C36H32Cl2CrN12NaO14S2-. The molecule has 32 heteroatoms. The quantitative estimate of drug-likeness (QED) is 0.0262. The summed E-state index contributed by atoms with van der Waals surface area (Å²) in [5.74, 6) is -1.56. The van der Waals surface area contributed by atoms with Crippen LogP contribution in [0.1, 0.15) is 11.4 Å². The van der Waals surface area contributed by atoms with E-state index >= 15 is 0 Å². The number of phenolic OH excluding ortho intramolecular Hbond substituents is 2. The van der Waals surface area contributed by atoms with E-state index in [-0.39, 0.29) is 139 Å². The first-order valence-electron chi connectivity index (χ1n) is 18.2. The van der Waals surface area contributed by atoms with Gasteiger partial charge in [-0.25, -0.2) is 45.8 Å². The maximum Gasteiger partial charge on any atom is 1.00 e. The van der Waals surface area contributed by atoms with Crippen molar-refractivity contribution in [2.75, 3.05) is 26.3 Å². The molecule has 26 nitrogen and oxygen atoms in total. The van der Waals surface area contributed by atoms with E-state index < -0.39 is 63.9 Å². The van der Waals surface area contributed by atoms with Gasteiger partial charge in [0, 0.05) is 52.6 Å². The van der Waals surface area contributed by atoms with E-state index in [0.29, 0.717) is 0 Å². The fourth-order valence-corrected chi connectivity index (χ4v) is 7.98. The van der Waals surface area contributed by atoms with Gasteiger partial charge in [0.05, 0.1) is 44.2 Å². The van der Waals surface area contributed by atoms with Gasteiger partial charge in [0.25, 0.3) is 0 Å². The molecule has 4 aromatic carbocycles. The molecule has 0 aliphatic carbocycles. The summed E-state index contributed by atoms with van der Waals surface area (Å²) >= 11 is 11.6. The number of phenols is 2. The molecule has 68 heavy (non-hydrogen) atoms. The van der Waals surface area contributed by atoms with Gasteiger partial charge in [-0.3, -0.25) is 20.2 Å². The summed E-state index contributed by atoms with van der Waals surface area (Å²) in [5, 5.41) is 82.6. The van der Waals surface area contributed by atoms with E-state index in [0.717, 1.165) is 33.6 Å². The zero-order valence-electron chi connectivity index (χ0n) is 35.1. The third kappa shape index (κ3) is 13.3. The molecule has 2 aromatic heterocycles. The Kier molecular flexibility index (Phi) is 20.1. The number of aromatic nitrogens is 4. The van der Waals surface area contributed by atoms with E-state index in [2.05, 4.69) is 40.1 Å². The second-order valence-corrected chi connectivity index (χ2v) is 17.4. The number of aromatic hydroxyl groups is 2. The Hall–Kier alpha value is -5.65. The van der Waals surface area contributed by atoms with Crippen molar-refractivity contribution in [2.24, 2.45) is 20.5 Å². The van der Waals surface area contributed by atoms with E-state index in [1.807, 2.05) is 0 Å². The van der Waals surface area contributed by atoms with Gasteiger partial charge in [0.15, 0.2) is 0 Å². The maximum atomic E-state index is 12.8. The fraction of sp³-hybridized carbons (Fsp3) is 0.167. The van der Waals surface area contributed by atoms with Gasteiger partial charge in [0.2, 0.25) is 31.5 Å². The molecule has 6 aromatic rings. The van der Waals surface area contributed by atoms with Crippen molar-refractivity contribution in [3.63, 3.8) is 0 Å². The molecule has 0 saturated heterocycles. The minimum atomic E-state index is -3.93. The second-order valence-electron chi connectivity index (χ2n) is 13.0. The average Bonchev–Trinajstić information content (AvgIpc) is 3.73. The number of nitrogens with zero attached hydrogens (tertiary/aromatic N) is 10. The second kappa shape index (κ2) is 24.1. The molecule has 2 heterocycles. The molecule has 0 radical (unpaired) electrons. The van der Waals surface area contributed by atoms with E-state index in [9.17, 15) is 56.9 Å². The number of hydrogen-bond acceptors (Lipinski definition) is 20. The molecule has 0 fully saturated rings. The van der Waals surface area contributed by atoms with Crippen molar-refractivity contribution in [2.45, 2.75) is 23.6 Å². The van der Waals surface area contributed by atoms with Crippen molar-refractivity contribution >= 4 is 77.4 Å². The summed E-state index contributed by atoms with van der Waals surface area (Å²) in [4.78, 5) is 45.7. The van der Waals surface area contributed by atoms with Crippen LogP contribution in [0.5, 0.6) is 11.5 Å². The van der Waals surface area contributed by atoms with Crippen LogP contribution in [0.25, 0.3) is 11.4 Å². The number of hydrogen-bond donors (Lipinski definition) is 6. The molecule has 354 valence electrons. The predicted octanol–water partition coefficient (Wildman–Crippen LogP) is 1.43. The number of aryl methyl sites for hydroxylation is 2. The van der Waals surface area contributed by atoms with Gasteiger partial charge >= 0.3 is 40.9 Å². The molecule has 0 saturated carbocycles. The number of rotatable bonds is 16. The zero-order chi connectivity index (χ0) is 48.7. The Labute approximate surface area is 425 Å². The number of nitrogens with one attached hydrogen (secondary N) is 2. The number of sulfonamides is 2. The van der Waals surface area contributed by atoms with Crippen molar-refractivity contribution in [1.29, 1.82) is 0 Å². The molecule has 6 N–H and O–H groups in total. The van der Waals surface area contributed by atoms with Crippen molar-refractivity contribution in [1.82, 2.24) is 29.0 Å². The van der Waals surface area contributed by atoms with Gasteiger partial charge in [0.1, 0.15) is 22.5 Å². The van der Waals surface area contributed by atoms with Crippen molar-refractivity contribution in [3.8, 4) is 22.9 Å². The summed E-state index contributed by atoms with van der Waals surface area (Å²) < 4.78 is 55.3. The van der Waals surface area contributed by atoms with E-state index in [1.165, 1.54) is 62.4 Å². The summed E-state index contributed by atoms with van der Waals surface area (Å²) in [6.45, 7) is 1.77. The van der Waals surface area contributed by atoms with E-state index in [4.69, 9.17) is 33.4 Å². The fourth-order valence-electron chi connectivity index (χ4n) is 5.45. The maximum absolute atomic E-state index is 12.8. The standard InChI is InChI=1S/2C18H16ClN6O7S.Cr.Na/c2*1-10-16(22-21-14-7-11(19)8-15(17(14)27)25(29)30)18(28)24(23-10)12-3-2-4-13(9-12)33(31,32)20-5-6-26;;/h2*2-4,7-9,20,26-27H,5-6H2,1H3;;/q2*-1;;+1. The first-order chi connectivity index (χ1) is 31.1. The number of nitro groups is 2. The molecular weight excluding hydrogens is 1030 g/mol. The van der Waals surface area contributed by atoms with Gasteiger partial charge in [-0.2, -0.15) is 10.2 Å². The SMILES string of the molecule is Cc1nn(-c2cccc(S(=O)(=O)NCCO)c2)c(=O)[c-]1N=Nc1cc(Cl)cc([N+](=O)[O-])c1O.Cc1nn(-c2cccc(S(=O)(=O)NCCO)c2)c(=O)[c-]1N=Nc1cc(Cl)cc([N+](=O)[O-])c1O.[Cr].[Na+]. The molecule has 0 amide bonds. The average molecular weight is 1070 g/mol. The number of halogens is 2. The first kappa shape index (κ1) is 56.7. The van der Waals surface area contributed by atoms with E-state index in [1.54, 1.807) is 0 Å². The number of benzene rings is 4. The first-order valence-corrected chi connectivity index (χ1v) is 21.9. The Morgan fingerprint density at radius 3 is 1.35 bits per heavy atom. The molecule has 0 atom stereocenters. The monoisotopic (exact) mass is 1070 g/mol. The Balaban J connectivity index is 0.000000350. The van der Waals surface area contributed by atoms with Crippen LogP contribution < -0.4 is 50.1 Å². The van der Waals surface area contributed by atoms with Crippen molar-refractivity contribution in [3.05, 3.63) is 135 Å². The number of nitro benzene ring substituents is 2. The van der Waals surface area contributed by atoms with Crippen LogP contribution in [0.3, 0.4) is 0 Å². The largest absolute Gasteiger partial charge is 1.00 e. The van der Waals surface area contributed by atoms with Gasteiger partial charge in [-0.15, -0.1) is 11.4 Å². The topological polar surface area (TPSA) is 379 Å². The Bertz CT molecular complexity index is 3060. The minimum absolute atomic E-state index is 0. The molecule has 0 aliphatic heterocycles. The number of aliphatic hydroxyl groups excluding tert-OH is 2. The minimum Gasteiger partial charge on any atom is -0.501 e. The summed E-state index contributed by atoms with van der Waals surface area (Å²) in [5.41, 5.74) is -3.47. The smallest absolute Gasteiger partial charge is 0.501 e. The van der Waals surface area contributed by atoms with Crippen LogP contribution in [0.2, 0.25) is 10.0 Å². The van der Waals surface area contributed by atoms with Crippen LogP contribution in [-0.2, 0) is 37.4 Å². The third-order valence-corrected chi connectivity index (χ3v) is 11.9. The molecule has 0 spiro atoms. The third-order valence-electron chi connectivity index (χ3n) is 8.51. The van der Waals surface area contributed by atoms with Crippen LogP contribution in [0.4, 0.5) is 34.1 Å². The van der Waals surface area contributed by atoms with Crippen molar-refractivity contribution < 1.29 is 94.0 Å². The summed E-state index contributed by atoms with van der Waals surface area (Å²) in [6, 6.07) is 14.9.